The lowest BCUT2D eigenvalue weighted by atomic mass is 10.1. The number of carbonyl (C=O) groups excluding carboxylic acids is 1. The molecule has 0 unspecified atom stereocenters. The van der Waals surface area contributed by atoms with Gasteiger partial charge in [-0.3, -0.25) is 0 Å². The molecule has 16 heavy (non-hydrogen) atoms. The van der Waals surface area contributed by atoms with Crippen molar-refractivity contribution in [1.29, 1.82) is 5.26 Å². The van der Waals surface area contributed by atoms with Crippen LogP contribution in [0.3, 0.4) is 0 Å². The minimum atomic E-state index is -0.596. The van der Waals surface area contributed by atoms with Crippen molar-refractivity contribution in [1.82, 2.24) is 0 Å². The third kappa shape index (κ3) is 2.26. The average Bonchev–Trinajstić information content (AvgIpc) is 2.28. The lowest BCUT2D eigenvalue weighted by Gasteiger charge is -2.10. The molecule has 0 N–H and O–H groups in total. The van der Waals surface area contributed by atoms with E-state index >= 15 is 0 Å². The summed E-state index contributed by atoms with van der Waals surface area (Å²) in [6.07, 6.45) is 0. The van der Waals surface area contributed by atoms with Gasteiger partial charge in [0, 0.05) is 0 Å². The van der Waals surface area contributed by atoms with E-state index in [0.29, 0.717) is 0 Å². The average molecular weight is 240 g/mol. The summed E-state index contributed by atoms with van der Waals surface area (Å²) >= 11 is 5.88. The zero-order chi connectivity index (χ0) is 12.1. The van der Waals surface area contributed by atoms with Gasteiger partial charge >= 0.3 is 5.97 Å². The Kier molecular flexibility index (Phi) is 4.15. The summed E-state index contributed by atoms with van der Waals surface area (Å²) in [6.45, 7) is 1.92. The second-order valence-corrected chi connectivity index (χ2v) is 3.24. The van der Waals surface area contributed by atoms with Gasteiger partial charge in [-0.05, 0) is 19.1 Å². The zero-order valence-electron chi connectivity index (χ0n) is 8.91. The minimum Gasteiger partial charge on any atom is -0.494 e. The maximum absolute atomic E-state index is 11.6. The van der Waals surface area contributed by atoms with E-state index in [4.69, 9.17) is 26.3 Å². The van der Waals surface area contributed by atoms with Gasteiger partial charge in [-0.2, -0.15) is 5.26 Å². The highest BCUT2D eigenvalue weighted by Crippen LogP contribution is 2.30. The van der Waals surface area contributed by atoms with Crippen molar-refractivity contribution in [3.05, 3.63) is 28.3 Å². The molecule has 4 nitrogen and oxygen atoms in total. The van der Waals surface area contributed by atoms with Crippen LogP contribution in [0.1, 0.15) is 22.8 Å². The van der Waals surface area contributed by atoms with Gasteiger partial charge in [0.2, 0.25) is 0 Å². The number of nitrogens with zero attached hydrogens (tertiary/aromatic N) is 1. The molecular weight excluding hydrogens is 230 g/mol. The topological polar surface area (TPSA) is 59.3 Å². The van der Waals surface area contributed by atoms with Gasteiger partial charge in [-0.15, -0.1) is 0 Å². The van der Waals surface area contributed by atoms with Crippen LogP contribution in [0.4, 0.5) is 0 Å². The molecule has 0 aliphatic rings. The summed E-state index contributed by atoms with van der Waals surface area (Å²) in [5, 5.41) is 9.05. The highest BCUT2D eigenvalue weighted by molar-refractivity contribution is 6.34. The van der Waals surface area contributed by atoms with Crippen LogP contribution in [0.25, 0.3) is 0 Å². The molecule has 0 heterocycles. The van der Waals surface area contributed by atoms with Gasteiger partial charge < -0.3 is 9.47 Å². The summed E-state index contributed by atoms with van der Waals surface area (Å²) in [7, 11) is 1.37. The van der Waals surface area contributed by atoms with Gasteiger partial charge in [-0.1, -0.05) is 11.6 Å². The van der Waals surface area contributed by atoms with Gasteiger partial charge in [-0.25, -0.2) is 4.79 Å². The van der Waals surface area contributed by atoms with Gasteiger partial charge in [0.05, 0.1) is 24.3 Å². The third-order valence-corrected chi connectivity index (χ3v) is 2.23. The first-order valence-electron chi connectivity index (χ1n) is 4.59. The number of hydrogen-bond donors (Lipinski definition) is 0. The predicted octanol–water partition coefficient (Wildman–Crippen LogP) is 2.40. The monoisotopic (exact) mass is 239 g/mol. The van der Waals surface area contributed by atoms with Gasteiger partial charge in [0.1, 0.15) is 11.6 Å². The van der Waals surface area contributed by atoms with E-state index in [-0.39, 0.29) is 28.5 Å². The second-order valence-electron chi connectivity index (χ2n) is 2.84. The first-order chi connectivity index (χ1) is 7.65. The smallest absolute Gasteiger partial charge is 0.343 e. The van der Waals surface area contributed by atoms with E-state index in [1.807, 2.05) is 6.07 Å². The first-order valence-corrected chi connectivity index (χ1v) is 4.97. The molecule has 84 valence electrons. The van der Waals surface area contributed by atoms with Crippen LogP contribution >= 0.6 is 11.6 Å². The van der Waals surface area contributed by atoms with E-state index in [1.54, 1.807) is 6.92 Å². The molecule has 0 bridgehead atoms. The maximum atomic E-state index is 11.6. The Balaban J connectivity index is 3.35. The quantitative estimate of drug-likeness (QED) is 0.760. The summed E-state index contributed by atoms with van der Waals surface area (Å²) in [6, 6.07) is 4.88. The molecule has 0 aliphatic heterocycles. The number of nitriles is 1. The van der Waals surface area contributed by atoms with Crippen molar-refractivity contribution >= 4 is 17.6 Å². The Hall–Kier alpha value is -1.73. The summed E-state index contributed by atoms with van der Waals surface area (Å²) in [4.78, 5) is 11.6. The van der Waals surface area contributed by atoms with Crippen molar-refractivity contribution in [2.75, 3.05) is 13.7 Å². The number of esters is 1. The van der Waals surface area contributed by atoms with Crippen molar-refractivity contribution in [3.63, 3.8) is 0 Å². The molecule has 0 fully saturated rings. The molecule has 0 aliphatic carbocycles. The third-order valence-electron chi connectivity index (χ3n) is 1.91. The largest absolute Gasteiger partial charge is 0.494 e. The molecular formula is C11H10ClNO3. The minimum absolute atomic E-state index is 0.0880. The molecule has 1 aromatic carbocycles. The van der Waals surface area contributed by atoms with E-state index in [0.717, 1.165) is 0 Å². The lowest BCUT2D eigenvalue weighted by Crippen LogP contribution is -2.08. The number of hydrogen-bond acceptors (Lipinski definition) is 4. The van der Waals surface area contributed by atoms with E-state index < -0.39 is 5.97 Å². The van der Waals surface area contributed by atoms with Crippen LogP contribution in [0, 0.1) is 11.3 Å². The Morgan fingerprint density at radius 3 is 2.75 bits per heavy atom. The van der Waals surface area contributed by atoms with Crippen LogP contribution in [0.2, 0.25) is 5.02 Å². The SMILES string of the molecule is CCOC(=O)c1c(Cl)ccc(C#N)c1OC. The van der Waals surface area contributed by atoms with Crippen molar-refractivity contribution in [2.45, 2.75) is 6.92 Å². The van der Waals surface area contributed by atoms with Gasteiger partial charge in [0.15, 0.2) is 5.75 Å². The number of rotatable bonds is 3. The molecule has 1 rings (SSSR count). The molecule has 0 spiro atoms. The van der Waals surface area contributed by atoms with Crippen LogP contribution in [0.15, 0.2) is 12.1 Å². The van der Waals surface area contributed by atoms with Crippen LogP contribution < -0.4 is 4.74 Å². The molecule has 0 radical (unpaired) electrons. The number of ether oxygens (including phenoxy) is 2. The number of carbonyl (C=O) groups is 1. The molecule has 5 heteroatoms. The lowest BCUT2D eigenvalue weighted by molar-refractivity contribution is 0.0523. The first kappa shape index (κ1) is 12.3. The summed E-state index contributed by atoms with van der Waals surface area (Å²) in [5.74, 6) is -0.449. The fraction of sp³-hybridized carbons (Fsp3) is 0.273. The van der Waals surface area contributed by atoms with Crippen LogP contribution in [-0.2, 0) is 4.74 Å². The van der Waals surface area contributed by atoms with E-state index in [2.05, 4.69) is 0 Å². The predicted molar refractivity (Wildman–Crippen MR) is 58.7 cm³/mol. The molecule has 0 atom stereocenters. The number of benzene rings is 1. The van der Waals surface area contributed by atoms with E-state index in [9.17, 15) is 4.79 Å². The molecule has 0 aromatic heterocycles. The van der Waals surface area contributed by atoms with E-state index in [1.165, 1.54) is 19.2 Å². The Bertz CT molecular complexity index is 451. The molecule has 1 aromatic rings. The van der Waals surface area contributed by atoms with Crippen molar-refractivity contribution < 1.29 is 14.3 Å². The zero-order valence-corrected chi connectivity index (χ0v) is 9.67. The standard InChI is InChI=1S/C11H10ClNO3/c1-3-16-11(14)9-8(12)5-4-7(6-13)10(9)15-2/h4-5H,3H2,1-2H3. The molecule has 0 saturated carbocycles. The fourth-order valence-electron chi connectivity index (χ4n) is 1.25. The van der Waals surface area contributed by atoms with Crippen molar-refractivity contribution in [3.8, 4) is 11.8 Å². The normalized spacial score (nSPS) is 9.38. The highest BCUT2D eigenvalue weighted by Gasteiger charge is 2.20. The fourth-order valence-corrected chi connectivity index (χ4v) is 1.48. The van der Waals surface area contributed by atoms with Gasteiger partial charge in [0.25, 0.3) is 0 Å². The Morgan fingerprint density at radius 2 is 2.25 bits per heavy atom. The summed E-state index contributed by atoms with van der Waals surface area (Å²) < 4.78 is 9.85. The Labute approximate surface area is 98.3 Å². The maximum Gasteiger partial charge on any atom is 0.343 e. The molecule has 0 amide bonds. The summed E-state index contributed by atoms with van der Waals surface area (Å²) in [5.41, 5.74) is 0.333. The Morgan fingerprint density at radius 1 is 1.56 bits per heavy atom. The second kappa shape index (κ2) is 5.38. The number of methoxy groups -OCH3 is 1. The number of halogens is 1. The highest BCUT2D eigenvalue weighted by atomic mass is 35.5. The molecule has 0 saturated heterocycles. The van der Waals surface area contributed by atoms with Crippen molar-refractivity contribution in [2.24, 2.45) is 0 Å². The van der Waals surface area contributed by atoms with Crippen LogP contribution in [-0.4, -0.2) is 19.7 Å². The van der Waals surface area contributed by atoms with Crippen LogP contribution in [0.5, 0.6) is 5.75 Å².